The van der Waals surface area contributed by atoms with E-state index < -0.39 is 0 Å². The highest BCUT2D eigenvalue weighted by Gasteiger charge is 2.09. The summed E-state index contributed by atoms with van der Waals surface area (Å²) in [6, 6.07) is 16.0. The Morgan fingerprint density at radius 1 is 1.00 bits per heavy atom. The monoisotopic (exact) mass is 423 g/mol. The molecule has 1 aromatic heterocycles. The van der Waals surface area contributed by atoms with Gasteiger partial charge in [0.1, 0.15) is 0 Å². The van der Waals surface area contributed by atoms with Crippen LogP contribution in [0.3, 0.4) is 0 Å². The van der Waals surface area contributed by atoms with Crippen LogP contribution in [0.5, 0.6) is 0 Å². The number of amides is 1. The van der Waals surface area contributed by atoms with Crippen molar-refractivity contribution in [2.75, 3.05) is 0 Å². The Kier molecular flexibility index (Phi) is 6.96. The maximum atomic E-state index is 12.4. The smallest absolute Gasteiger partial charge is 0.267 e. The number of carbonyl (C=O) groups is 1. The average molecular weight is 424 g/mol. The lowest BCUT2D eigenvalue weighted by Gasteiger charge is -2.11. The number of aromatic nitrogens is 1. The highest BCUT2D eigenvalue weighted by atomic mass is 32.2. The molecule has 0 spiro atoms. The van der Waals surface area contributed by atoms with Crippen molar-refractivity contribution in [1.82, 2.24) is 10.4 Å². The van der Waals surface area contributed by atoms with Crippen LogP contribution in [0.15, 0.2) is 58.0 Å². The first kappa shape index (κ1) is 20.1. The lowest BCUT2D eigenvalue weighted by Crippen LogP contribution is -2.20. The van der Waals surface area contributed by atoms with Gasteiger partial charge in [0.25, 0.3) is 5.91 Å². The molecule has 1 amide bonds. The molecule has 0 saturated heterocycles. The van der Waals surface area contributed by atoms with Gasteiger partial charge in [0, 0.05) is 17.0 Å². The van der Waals surface area contributed by atoms with Gasteiger partial charge in [-0.15, -0.1) is 11.3 Å². The first-order valence-electron chi connectivity index (χ1n) is 10.2. The molecule has 1 heterocycles. The number of para-hydroxylation sites is 1. The number of nitrogens with zero attached hydrogens (tertiary/aromatic N) is 2. The third-order valence-electron chi connectivity index (χ3n) is 5.10. The zero-order valence-corrected chi connectivity index (χ0v) is 18.0. The second-order valence-corrected chi connectivity index (χ2v) is 9.57. The van der Waals surface area contributed by atoms with Gasteiger partial charge >= 0.3 is 0 Å². The fourth-order valence-corrected chi connectivity index (χ4v) is 5.45. The lowest BCUT2D eigenvalue weighted by molar-refractivity contribution is 0.0954. The Morgan fingerprint density at radius 2 is 1.72 bits per heavy atom. The van der Waals surface area contributed by atoms with E-state index >= 15 is 0 Å². The van der Waals surface area contributed by atoms with Crippen LogP contribution in [0.1, 0.15) is 60.9 Å². The van der Waals surface area contributed by atoms with Gasteiger partial charge in [0.2, 0.25) is 0 Å². The van der Waals surface area contributed by atoms with Crippen molar-refractivity contribution in [2.24, 2.45) is 5.10 Å². The Hall–Kier alpha value is -2.18. The van der Waals surface area contributed by atoms with E-state index in [1.807, 2.05) is 42.5 Å². The average Bonchev–Trinajstić information content (AvgIpc) is 3.15. The molecule has 4 nitrogen and oxygen atoms in total. The summed E-state index contributed by atoms with van der Waals surface area (Å²) in [5.41, 5.74) is 6.75. The first-order chi connectivity index (χ1) is 14.3. The molecule has 0 bridgehead atoms. The standard InChI is InChI=1S/C23H25N3OS2/c27-22(26-25-19-8-4-2-1-3-5-9-19)18-14-12-17(13-15-18)16-28-23-24-20-10-6-7-11-21(20)29-23/h6-7,10-15H,1-5,8-9,16H2,(H,26,27). The fourth-order valence-electron chi connectivity index (χ4n) is 3.43. The predicted octanol–water partition coefficient (Wildman–Crippen LogP) is 6.42. The van der Waals surface area contributed by atoms with Gasteiger partial charge in [0.05, 0.1) is 10.2 Å². The van der Waals surface area contributed by atoms with Gasteiger partial charge in [-0.25, -0.2) is 10.4 Å². The van der Waals surface area contributed by atoms with Crippen molar-refractivity contribution in [3.8, 4) is 0 Å². The Bertz CT molecular complexity index is 952. The molecule has 1 aliphatic rings. The van der Waals surface area contributed by atoms with E-state index in [0.717, 1.165) is 34.2 Å². The van der Waals surface area contributed by atoms with E-state index in [-0.39, 0.29) is 5.91 Å². The third-order valence-corrected chi connectivity index (χ3v) is 7.35. The largest absolute Gasteiger partial charge is 0.271 e. The number of hydrazone groups is 1. The van der Waals surface area contributed by atoms with Crippen molar-refractivity contribution in [2.45, 2.75) is 55.0 Å². The van der Waals surface area contributed by atoms with Crippen LogP contribution in [-0.2, 0) is 5.75 Å². The van der Waals surface area contributed by atoms with Crippen LogP contribution in [0.4, 0.5) is 0 Å². The van der Waals surface area contributed by atoms with E-state index in [1.54, 1.807) is 23.1 Å². The van der Waals surface area contributed by atoms with Crippen molar-refractivity contribution < 1.29 is 4.79 Å². The molecular weight excluding hydrogens is 398 g/mol. The second-order valence-electron chi connectivity index (χ2n) is 7.32. The molecular formula is C23H25N3OS2. The Labute approximate surface area is 179 Å². The first-order valence-corrected chi connectivity index (χ1v) is 12.0. The summed E-state index contributed by atoms with van der Waals surface area (Å²) in [5, 5.41) is 4.39. The summed E-state index contributed by atoms with van der Waals surface area (Å²) < 4.78 is 2.29. The highest BCUT2D eigenvalue weighted by Crippen LogP contribution is 2.31. The van der Waals surface area contributed by atoms with Crippen molar-refractivity contribution >= 4 is 44.9 Å². The van der Waals surface area contributed by atoms with Gasteiger partial charge in [-0.05, 0) is 55.5 Å². The maximum absolute atomic E-state index is 12.4. The number of rotatable bonds is 5. The maximum Gasteiger partial charge on any atom is 0.271 e. The number of hydrogen-bond acceptors (Lipinski definition) is 5. The minimum atomic E-state index is -0.134. The van der Waals surface area contributed by atoms with E-state index in [0.29, 0.717) is 5.56 Å². The molecule has 1 saturated carbocycles. The molecule has 1 fully saturated rings. The summed E-state index contributed by atoms with van der Waals surface area (Å²) in [6.07, 6.45) is 8.21. The lowest BCUT2D eigenvalue weighted by atomic mass is 9.99. The summed E-state index contributed by atoms with van der Waals surface area (Å²) in [6.45, 7) is 0. The molecule has 0 unspecified atom stereocenters. The van der Waals surface area contributed by atoms with Crippen LogP contribution in [0, 0.1) is 0 Å². The molecule has 29 heavy (non-hydrogen) atoms. The molecule has 1 aliphatic carbocycles. The molecule has 0 radical (unpaired) electrons. The number of thioether (sulfide) groups is 1. The summed E-state index contributed by atoms with van der Waals surface area (Å²) in [7, 11) is 0. The van der Waals surface area contributed by atoms with E-state index in [1.165, 1.54) is 42.4 Å². The van der Waals surface area contributed by atoms with Gasteiger partial charge in [-0.1, -0.05) is 55.3 Å². The molecule has 1 N–H and O–H groups in total. The molecule has 150 valence electrons. The summed E-state index contributed by atoms with van der Waals surface area (Å²) >= 11 is 3.45. The fraction of sp³-hybridized carbons (Fsp3) is 0.348. The van der Waals surface area contributed by atoms with Crippen molar-refractivity contribution in [3.63, 3.8) is 0 Å². The van der Waals surface area contributed by atoms with E-state index in [4.69, 9.17) is 0 Å². The second kappa shape index (κ2) is 10.0. The molecule has 3 aromatic rings. The highest BCUT2D eigenvalue weighted by molar-refractivity contribution is 8.00. The zero-order chi connectivity index (χ0) is 19.9. The summed E-state index contributed by atoms with van der Waals surface area (Å²) in [5.74, 6) is 0.703. The SMILES string of the molecule is O=C(NN=C1CCCCCCC1)c1ccc(CSc2nc3ccccc3s2)cc1. The minimum Gasteiger partial charge on any atom is -0.267 e. The molecule has 6 heteroatoms. The normalized spacial score (nSPS) is 15.0. The van der Waals surface area contributed by atoms with Crippen LogP contribution in [-0.4, -0.2) is 16.6 Å². The topological polar surface area (TPSA) is 54.4 Å². The quantitative estimate of drug-likeness (QED) is 0.380. The number of nitrogens with one attached hydrogen (secondary N) is 1. The van der Waals surface area contributed by atoms with Gasteiger partial charge in [-0.3, -0.25) is 4.79 Å². The third kappa shape index (κ3) is 5.67. The number of fused-ring (bicyclic) bond motifs is 1. The molecule has 2 aromatic carbocycles. The van der Waals surface area contributed by atoms with Crippen molar-refractivity contribution in [1.29, 1.82) is 0 Å². The molecule has 0 aliphatic heterocycles. The Balaban J connectivity index is 1.31. The molecule has 4 rings (SSSR count). The number of hydrogen-bond donors (Lipinski definition) is 1. The minimum absolute atomic E-state index is 0.134. The zero-order valence-electron chi connectivity index (χ0n) is 16.4. The van der Waals surface area contributed by atoms with E-state index in [2.05, 4.69) is 21.6 Å². The van der Waals surface area contributed by atoms with Crippen LogP contribution >= 0.6 is 23.1 Å². The predicted molar refractivity (Wildman–Crippen MR) is 123 cm³/mol. The van der Waals surface area contributed by atoms with Crippen LogP contribution < -0.4 is 5.43 Å². The number of carbonyl (C=O) groups excluding carboxylic acids is 1. The number of thiazole rings is 1. The molecule has 0 atom stereocenters. The van der Waals surface area contributed by atoms with Gasteiger partial charge in [-0.2, -0.15) is 5.10 Å². The van der Waals surface area contributed by atoms with E-state index in [9.17, 15) is 4.79 Å². The summed E-state index contributed by atoms with van der Waals surface area (Å²) in [4.78, 5) is 17.1. The van der Waals surface area contributed by atoms with Crippen LogP contribution in [0.2, 0.25) is 0 Å². The Morgan fingerprint density at radius 3 is 2.48 bits per heavy atom. The van der Waals surface area contributed by atoms with Crippen LogP contribution in [0.25, 0.3) is 10.2 Å². The van der Waals surface area contributed by atoms with Gasteiger partial charge < -0.3 is 0 Å². The number of benzene rings is 2. The van der Waals surface area contributed by atoms with Gasteiger partial charge in [0.15, 0.2) is 4.34 Å². The van der Waals surface area contributed by atoms with Crippen molar-refractivity contribution in [3.05, 3.63) is 59.7 Å².